The van der Waals surface area contributed by atoms with Gasteiger partial charge >= 0.3 is 0 Å². The number of carbonyl (C=O) groups is 4. The number of hydrogen-bond acceptors (Lipinski definition) is 10. The van der Waals surface area contributed by atoms with Gasteiger partial charge in [-0.1, -0.05) is 37.3 Å². The lowest BCUT2D eigenvalue weighted by Gasteiger charge is -2.42. The summed E-state index contributed by atoms with van der Waals surface area (Å²) in [6.45, 7) is 0.701. The van der Waals surface area contributed by atoms with Crippen molar-refractivity contribution in [3.05, 3.63) is 35.9 Å². The zero-order valence-corrected chi connectivity index (χ0v) is 22.1. The summed E-state index contributed by atoms with van der Waals surface area (Å²) in [4.78, 5) is 49.6. The number of hydrogen-bond donors (Lipinski definition) is 7. The number of nitrogens with two attached hydrogens (primary N) is 1. The number of benzene rings is 1. The van der Waals surface area contributed by atoms with Crippen molar-refractivity contribution >= 4 is 36.1 Å². The van der Waals surface area contributed by atoms with Gasteiger partial charge in [-0.15, -0.1) is 0 Å². The molecule has 1 heterocycles. The topological polar surface area (TPSA) is 198 Å². The van der Waals surface area contributed by atoms with Crippen molar-refractivity contribution < 1.29 is 44.0 Å². The van der Waals surface area contributed by atoms with Crippen molar-refractivity contribution in [2.24, 2.45) is 11.7 Å². The van der Waals surface area contributed by atoms with Crippen LogP contribution in [0.1, 0.15) is 31.7 Å². The largest absolute Gasteiger partial charge is 0.394 e. The first kappa shape index (κ1) is 31.7. The van der Waals surface area contributed by atoms with Crippen molar-refractivity contribution in [3.8, 4) is 0 Å². The van der Waals surface area contributed by atoms with E-state index in [1.807, 2.05) is 6.07 Å². The van der Waals surface area contributed by atoms with E-state index in [9.17, 15) is 34.5 Å². The molecule has 2 rings (SSSR count). The van der Waals surface area contributed by atoms with Gasteiger partial charge in [-0.2, -0.15) is 12.6 Å². The van der Waals surface area contributed by atoms with Gasteiger partial charge in [-0.25, -0.2) is 0 Å². The number of ether oxygens (including phenoxy) is 2. The number of aliphatic hydroxyl groups excluding tert-OH is 3. The summed E-state index contributed by atoms with van der Waals surface area (Å²) in [7, 11) is 0. The number of Topliss-reactive ketones (excluding diaryl/α,β-unsaturated/α-hetero) is 1. The van der Waals surface area contributed by atoms with Gasteiger partial charge < -0.3 is 41.2 Å². The third kappa shape index (κ3) is 9.33. The van der Waals surface area contributed by atoms with Gasteiger partial charge in [0.1, 0.15) is 30.4 Å². The quantitative estimate of drug-likeness (QED) is 0.125. The van der Waals surface area contributed by atoms with Crippen LogP contribution in [0.15, 0.2) is 30.3 Å². The van der Waals surface area contributed by atoms with Crippen molar-refractivity contribution in [1.29, 1.82) is 0 Å². The molecule has 0 saturated carbocycles. The van der Waals surface area contributed by atoms with Crippen LogP contribution in [0.4, 0.5) is 0 Å². The molecule has 12 nitrogen and oxygen atoms in total. The molecule has 13 heteroatoms. The van der Waals surface area contributed by atoms with Crippen molar-refractivity contribution in [3.63, 3.8) is 0 Å². The van der Waals surface area contributed by atoms with Crippen LogP contribution in [0, 0.1) is 5.92 Å². The Bertz CT molecular complexity index is 936. The molecule has 0 aromatic heterocycles. The molecule has 1 aromatic carbocycles. The number of nitrogens with one attached hydrogen (secondary N) is 2. The summed E-state index contributed by atoms with van der Waals surface area (Å²) in [6, 6.07) is 6.58. The number of thiol groups is 1. The molecule has 38 heavy (non-hydrogen) atoms. The van der Waals surface area contributed by atoms with Crippen LogP contribution < -0.4 is 16.4 Å². The SMILES string of the molecule is CCCC(=O)N[C@@H](CO[C@@H]1OC(CO)[C@@H](O)[C@H](O)C1NC(=O)CS)C(=O)C[C@@H](Cc1ccccc1)C(N)=O. The molecule has 1 saturated heterocycles. The minimum atomic E-state index is -1.57. The molecular weight excluding hydrogens is 518 g/mol. The first-order valence-electron chi connectivity index (χ1n) is 12.4. The fraction of sp³-hybridized carbons (Fsp3) is 0.600. The van der Waals surface area contributed by atoms with E-state index in [4.69, 9.17) is 15.2 Å². The van der Waals surface area contributed by atoms with Crippen molar-refractivity contribution in [2.75, 3.05) is 19.0 Å². The van der Waals surface area contributed by atoms with Crippen molar-refractivity contribution in [1.82, 2.24) is 10.6 Å². The first-order valence-corrected chi connectivity index (χ1v) is 13.0. The summed E-state index contributed by atoms with van der Waals surface area (Å²) in [5, 5.41) is 35.3. The van der Waals surface area contributed by atoms with E-state index < -0.39 is 79.3 Å². The predicted molar refractivity (Wildman–Crippen MR) is 139 cm³/mol. The number of carbonyl (C=O) groups excluding carboxylic acids is 4. The number of aliphatic hydroxyl groups is 3. The average Bonchev–Trinajstić information content (AvgIpc) is 2.90. The van der Waals surface area contributed by atoms with Gasteiger partial charge in [0.2, 0.25) is 17.7 Å². The molecule has 1 aromatic rings. The molecular formula is C25H37N3O9S. The molecule has 0 radical (unpaired) electrons. The summed E-state index contributed by atoms with van der Waals surface area (Å²) in [5.41, 5.74) is 6.37. The first-order chi connectivity index (χ1) is 18.1. The van der Waals surface area contributed by atoms with Crippen LogP contribution in [-0.2, 0) is 35.1 Å². The summed E-state index contributed by atoms with van der Waals surface area (Å²) >= 11 is 3.88. The van der Waals surface area contributed by atoms with Crippen LogP contribution in [0.2, 0.25) is 0 Å². The predicted octanol–water partition coefficient (Wildman–Crippen LogP) is -1.56. The number of amides is 3. The van der Waals surface area contributed by atoms with E-state index in [2.05, 4.69) is 23.3 Å². The lowest BCUT2D eigenvalue weighted by Crippen LogP contribution is -2.65. The highest BCUT2D eigenvalue weighted by Gasteiger charge is 2.46. The standard InChI is InChI=1S/C25H37N3O9S/c1-2-6-19(31)27-16(17(30)10-15(24(26)35)9-14-7-4-3-5-8-14)12-36-25-21(28-20(32)13-38)23(34)22(33)18(11-29)37-25/h3-5,7-8,15-16,18,21-23,25,29,33-34,38H,2,6,9-13H2,1H3,(H2,26,35)(H,27,31)(H,28,32)/t15-,16+,18?,21?,22-,23-,25-/m1/s1. The highest BCUT2D eigenvalue weighted by molar-refractivity contribution is 7.81. The zero-order valence-electron chi connectivity index (χ0n) is 21.2. The van der Waals surface area contributed by atoms with Crippen LogP contribution in [0.5, 0.6) is 0 Å². The number of rotatable bonds is 15. The third-order valence-corrected chi connectivity index (χ3v) is 6.44. The van der Waals surface area contributed by atoms with Gasteiger partial charge in [-0.05, 0) is 18.4 Å². The van der Waals surface area contributed by atoms with E-state index in [1.54, 1.807) is 31.2 Å². The summed E-state index contributed by atoms with van der Waals surface area (Å²) in [6.07, 6.45) is -5.08. The van der Waals surface area contributed by atoms with Crippen LogP contribution in [0.25, 0.3) is 0 Å². The Morgan fingerprint density at radius 1 is 1.13 bits per heavy atom. The normalized spacial score (nSPS) is 24.7. The Morgan fingerprint density at radius 3 is 2.39 bits per heavy atom. The Hall–Kier alpha value is -2.55. The molecule has 0 bridgehead atoms. The highest BCUT2D eigenvalue weighted by atomic mass is 32.1. The van der Waals surface area contributed by atoms with Gasteiger partial charge in [0, 0.05) is 18.8 Å². The maximum atomic E-state index is 13.3. The molecule has 0 spiro atoms. The molecule has 1 aliphatic rings. The Labute approximate surface area is 226 Å². The Kier molecular flexibility index (Phi) is 13.1. The average molecular weight is 556 g/mol. The molecule has 212 valence electrons. The molecule has 0 aliphatic carbocycles. The second-order valence-electron chi connectivity index (χ2n) is 9.12. The van der Waals surface area contributed by atoms with E-state index in [0.717, 1.165) is 5.56 Å². The second kappa shape index (κ2) is 15.8. The zero-order chi connectivity index (χ0) is 28.2. The van der Waals surface area contributed by atoms with E-state index >= 15 is 0 Å². The Morgan fingerprint density at radius 2 is 1.82 bits per heavy atom. The number of primary amides is 1. The maximum Gasteiger partial charge on any atom is 0.230 e. The third-order valence-electron chi connectivity index (χ3n) is 6.16. The minimum Gasteiger partial charge on any atom is -0.394 e. The van der Waals surface area contributed by atoms with E-state index in [0.29, 0.717) is 6.42 Å². The van der Waals surface area contributed by atoms with Crippen LogP contribution in [-0.4, -0.2) is 94.5 Å². The van der Waals surface area contributed by atoms with Crippen LogP contribution >= 0.6 is 12.6 Å². The van der Waals surface area contributed by atoms with E-state index in [-0.39, 0.29) is 25.0 Å². The fourth-order valence-electron chi connectivity index (χ4n) is 4.07. The van der Waals surface area contributed by atoms with Gasteiger partial charge in [0.25, 0.3) is 0 Å². The molecule has 7 atom stereocenters. The second-order valence-corrected chi connectivity index (χ2v) is 9.44. The molecule has 1 fully saturated rings. The summed E-state index contributed by atoms with van der Waals surface area (Å²) < 4.78 is 11.3. The van der Waals surface area contributed by atoms with Crippen molar-refractivity contribution in [2.45, 2.75) is 69.3 Å². The van der Waals surface area contributed by atoms with Gasteiger partial charge in [0.15, 0.2) is 12.1 Å². The smallest absolute Gasteiger partial charge is 0.230 e. The summed E-state index contributed by atoms with van der Waals surface area (Å²) in [5.74, 6) is -3.24. The Balaban J connectivity index is 2.20. The molecule has 1 aliphatic heterocycles. The maximum absolute atomic E-state index is 13.3. The molecule has 2 unspecified atom stereocenters. The van der Waals surface area contributed by atoms with Gasteiger partial charge in [0.05, 0.1) is 19.0 Å². The van der Waals surface area contributed by atoms with Crippen LogP contribution in [0.3, 0.4) is 0 Å². The lowest BCUT2D eigenvalue weighted by atomic mass is 9.91. The fourth-order valence-corrected chi connectivity index (χ4v) is 4.16. The van der Waals surface area contributed by atoms with E-state index in [1.165, 1.54) is 0 Å². The minimum absolute atomic E-state index is 0.144. The molecule has 7 N–H and O–H groups in total. The number of ketones is 1. The monoisotopic (exact) mass is 555 g/mol. The highest BCUT2D eigenvalue weighted by Crippen LogP contribution is 2.23. The lowest BCUT2D eigenvalue weighted by molar-refractivity contribution is -0.270. The molecule has 3 amide bonds. The van der Waals surface area contributed by atoms with Gasteiger partial charge in [-0.3, -0.25) is 19.2 Å².